The predicted molar refractivity (Wildman–Crippen MR) is 135 cm³/mol. The summed E-state index contributed by atoms with van der Waals surface area (Å²) >= 11 is 1.29. The highest BCUT2D eigenvalue weighted by atomic mass is 32.1. The second kappa shape index (κ2) is 11.6. The number of ether oxygens (including phenoxy) is 1. The molecule has 1 atom stereocenters. The van der Waals surface area contributed by atoms with Gasteiger partial charge in [-0.1, -0.05) is 31.0 Å². The van der Waals surface area contributed by atoms with Crippen molar-refractivity contribution >= 4 is 34.1 Å². The Balaban J connectivity index is 1.54. The van der Waals surface area contributed by atoms with Crippen LogP contribution in [0.1, 0.15) is 53.6 Å². The van der Waals surface area contributed by atoms with Crippen molar-refractivity contribution in [2.24, 2.45) is 0 Å². The van der Waals surface area contributed by atoms with Gasteiger partial charge >= 0.3 is 0 Å². The van der Waals surface area contributed by atoms with Crippen molar-refractivity contribution in [1.82, 2.24) is 30.6 Å². The zero-order valence-corrected chi connectivity index (χ0v) is 20.5. The molecule has 3 aromatic heterocycles. The summed E-state index contributed by atoms with van der Waals surface area (Å²) in [7, 11) is 3.23. The lowest BCUT2D eigenvalue weighted by Crippen LogP contribution is -2.28. The highest BCUT2D eigenvalue weighted by Gasteiger charge is 2.21. The topological polar surface area (TPSA) is 122 Å². The Morgan fingerprint density at radius 1 is 1.17 bits per heavy atom. The van der Waals surface area contributed by atoms with E-state index in [-0.39, 0.29) is 17.9 Å². The van der Waals surface area contributed by atoms with E-state index in [2.05, 4.69) is 30.6 Å². The van der Waals surface area contributed by atoms with Gasteiger partial charge in [-0.2, -0.15) is 0 Å². The van der Waals surface area contributed by atoms with Crippen molar-refractivity contribution in [1.29, 1.82) is 0 Å². The summed E-state index contributed by atoms with van der Waals surface area (Å²) in [5.74, 6) is 0.997. The van der Waals surface area contributed by atoms with Crippen LogP contribution in [0.15, 0.2) is 48.2 Å². The standard InChI is InChI=1S/C25H28N6O3S/c1-26-22(32)11-5-3-4-10-19(30-24(33)21-14-27-15-35-21)23-28-13-20(29-23)17-12-16-8-6-7-9-18(16)31-25(17)34-2/h6-9,12-15,19H,3-5,10-11H2,1-2H3,(H,26,32)(H,28,29)(H,30,33). The van der Waals surface area contributed by atoms with E-state index < -0.39 is 0 Å². The predicted octanol–water partition coefficient (Wildman–Crippen LogP) is 4.26. The van der Waals surface area contributed by atoms with Crippen LogP contribution in [-0.2, 0) is 4.79 Å². The summed E-state index contributed by atoms with van der Waals surface area (Å²) in [5, 5.41) is 6.71. The fourth-order valence-electron chi connectivity index (χ4n) is 3.87. The highest BCUT2D eigenvalue weighted by molar-refractivity contribution is 7.11. The van der Waals surface area contributed by atoms with Gasteiger partial charge in [0.25, 0.3) is 5.91 Å². The Kier molecular flexibility index (Phi) is 8.04. The molecule has 0 aliphatic rings. The largest absolute Gasteiger partial charge is 0.480 e. The third-order valence-electron chi connectivity index (χ3n) is 5.73. The van der Waals surface area contributed by atoms with Gasteiger partial charge < -0.3 is 20.4 Å². The van der Waals surface area contributed by atoms with Gasteiger partial charge in [-0.3, -0.25) is 14.6 Å². The first-order valence-electron chi connectivity index (χ1n) is 11.5. The zero-order chi connectivity index (χ0) is 24.6. The van der Waals surface area contributed by atoms with Crippen molar-refractivity contribution in [2.75, 3.05) is 14.2 Å². The van der Waals surface area contributed by atoms with Gasteiger partial charge in [0, 0.05) is 18.9 Å². The summed E-state index contributed by atoms with van der Waals surface area (Å²) in [5.41, 5.74) is 4.03. The Morgan fingerprint density at radius 2 is 2.03 bits per heavy atom. The molecule has 0 saturated heterocycles. The van der Waals surface area contributed by atoms with Crippen molar-refractivity contribution in [3.05, 3.63) is 58.9 Å². The van der Waals surface area contributed by atoms with Crippen LogP contribution in [0.5, 0.6) is 5.88 Å². The molecule has 0 spiro atoms. The number of hydrogen-bond donors (Lipinski definition) is 3. The summed E-state index contributed by atoms with van der Waals surface area (Å²) < 4.78 is 5.54. The third kappa shape index (κ3) is 6.02. The molecule has 0 fully saturated rings. The molecule has 4 aromatic rings. The number of benzene rings is 1. The number of carbonyl (C=O) groups is 2. The molecule has 0 bridgehead atoms. The minimum atomic E-state index is -0.322. The molecule has 2 amide bonds. The van der Waals surface area contributed by atoms with E-state index in [9.17, 15) is 9.59 Å². The summed E-state index contributed by atoms with van der Waals surface area (Å²) in [6.45, 7) is 0. The Labute approximate surface area is 207 Å². The number of aromatic amines is 1. The molecule has 1 aromatic carbocycles. The number of carbonyl (C=O) groups excluding carboxylic acids is 2. The fourth-order valence-corrected chi connectivity index (χ4v) is 4.39. The minimum Gasteiger partial charge on any atom is -0.480 e. The van der Waals surface area contributed by atoms with Crippen LogP contribution < -0.4 is 15.4 Å². The molecule has 4 rings (SSSR count). The molecule has 0 aliphatic heterocycles. The molecule has 1 unspecified atom stereocenters. The van der Waals surface area contributed by atoms with Crippen LogP contribution >= 0.6 is 11.3 Å². The second-order valence-electron chi connectivity index (χ2n) is 8.08. The van der Waals surface area contributed by atoms with E-state index in [4.69, 9.17) is 4.74 Å². The number of hydrogen-bond acceptors (Lipinski definition) is 7. The normalized spacial score (nSPS) is 11.8. The Hall–Kier alpha value is -3.79. The summed E-state index contributed by atoms with van der Waals surface area (Å²) in [4.78, 5) is 41.4. The SMILES string of the molecule is CNC(=O)CCCCCC(NC(=O)c1cncs1)c1ncc(-c2cc3ccccc3nc2OC)[nH]1. The van der Waals surface area contributed by atoms with Crippen LogP contribution in [0.25, 0.3) is 22.2 Å². The fraction of sp³-hybridized carbons (Fsp3) is 0.320. The van der Waals surface area contributed by atoms with E-state index in [1.54, 1.807) is 32.1 Å². The third-order valence-corrected chi connectivity index (χ3v) is 6.51. The average Bonchev–Trinajstić information content (AvgIpc) is 3.59. The first-order valence-corrected chi connectivity index (χ1v) is 12.4. The summed E-state index contributed by atoms with van der Waals surface area (Å²) in [6, 6.07) is 9.54. The van der Waals surface area contributed by atoms with Gasteiger partial charge in [0.2, 0.25) is 11.8 Å². The first-order chi connectivity index (χ1) is 17.1. The van der Waals surface area contributed by atoms with Gasteiger partial charge in [-0.05, 0) is 25.0 Å². The number of nitrogens with zero attached hydrogens (tertiary/aromatic N) is 3. The molecule has 9 nitrogen and oxygen atoms in total. The molecule has 35 heavy (non-hydrogen) atoms. The maximum Gasteiger partial charge on any atom is 0.263 e. The van der Waals surface area contributed by atoms with Crippen molar-refractivity contribution in [3.63, 3.8) is 0 Å². The summed E-state index contributed by atoms with van der Waals surface area (Å²) in [6.07, 6.45) is 6.96. The first kappa shape index (κ1) is 24.3. The quantitative estimate of drug-likeness (QED) is 0.269. The number of unbranched alkanes of at least 4 members (excludes halogenated alkanes) is 2. The van der Waals surface area contributed by atoms with E-state index in [0.29, 0.717) is 29.4 Å². The molecule has 0 saturated carbocycles. The maximum atomic E-state index is 12.8. The number of fused-ring (bicyclic) bond motifs is 1. The van der Waals surface area contributed by atoms with Crippen molar-refractivity contribution < 1.29 is 14.3 Å². The van der Waals surface area contributed by atoms with Crippen LogP contribution in [-0.4, -0.2) is 45.9 Å². The zero-order valence-electron chi connectivity index (χ0n) is 19.7. The minimum absolute atomic E-state index is 0.0358. The molecule has 182 valence electrons. The number of nitrogens with one attached hydrogen (secondary N) is 3. The molecule has 3 N–H and O–H groups in total. The number of H-pyrrole nitrogens is 1. The number of aromatic nitrogens is 4. The molecule has 3 heterocycles. The lowest BCUT2D eigenvalue weighted by atomic mass is 10.1. The van der Waals surface area contributed by atoms with E-state index in [0.717, 1.165) is 41.4 Å². The average molecular weight is 493 g/mol. The number of para-hydroxylation sites is 1. The maximum absolute atomic E-state index is 12.8. The lowest BCUT2D eigenvalue weighted by Gasteiger charge is -2.16. The highest BCUT2D eigenvalue weighted by Crippen LogP contribution is 2.31. The van der Waals surface area contributed by atoms with E-state index in [1.165, 1.54) is 11.3 Å². The number of pyridine rings is 1. The van der Waals surface area contributed by atoms with E-state index in [1.807, 2.05) is 30.3 Å². The van der Waals surface area contributed by atoms with Gasteiger partial charge in [-0.25, -0.2) is 9.97 Å². The van der Waals surface area contributed by atoms with Crippen molar-refractivity contribution in [3.8, 4) is 17.1 Å². The lowest BCUT2D eigenvalue weighted by molar-refractivity contribution is -0.120. The van der Waals surface area contributed by atoms with Crippen LogP contribution in [0, 0.1) is 0 Å². The van der Waals surface area contributed by atoms with Crippen molar-refractivity contribution in [2.45, 2.75) is 38.1 Å². The molecule has 0 aliphatic carbocycles. The number of thiazole rings is 1. The van der Waals surface area contributed by atoms with Crippen LogP contribution in [0.2, 0.25) is 0 Å². The second-order valence-corrected chi connectivity index (χ2v) is 8.97. The van der Waals surface area contributed by atoms with E-state index >= 15 is 0 Å². The van der Waals surface area contributed by atoms with Crippen LogP contribution in [0.4, 0.5) is 0 Å². The Morgan fingerprint density at radius 3 is 2.80 bits per heavy atom. The number of methoxy groups -OCH3 is 1. The van der Waals surface area contributed by atoms with Crippen LogP contribution in [0.3, 0.4) is 0 Å². The molecule has 0 radical (unpaired) electrons. The smallest absolute Gasteiger partial charge is 0.263 e. The number of amides is 2. The molecule has 10 heteroatoms. The van der Waals surface area contributed by atoms with Gasteiger partial charge in [0.1, 0.15) is 10.7 Å². The number of rotatable bonds is 11. The monoisotopic (exact) mass is 492 g/mol. The van der Waals surface area contributed by atoms with Gasteiger partial charge in [0.05, 0.1) is 47.8 Å². The molecular formula is C25H28N6O3S. The van der Waals surface area contributed by atoms with Gasteiger partial charge in [-0.15, -0.1) is 11.3 Å². The van der Waals surface area contributed by atoms with Gasteiger partial charge in [0.15, 0.2) is 0 Å². The Bertz CT molecular complexity index is 1290. The number of imidazole rings is 1. The molecular weight excluding hydrogens is 464 g/mol.